The maximum absolute atomic E-state index is 12.8. The zero-order valence-electron chi connectivity index (χ0n) is 17.3. The van der Waals surface area contributed by atoms with E-state index in [0.29, 0.717) is 19.6 Å². The molecule has 0 spiro atoms. The first-order valence-corrected chi connectivity index (χ1v) is 10.6. The molecule has 1 fully saturated rings. The quantitative estimate of drug-likeness (QED) is 0.708. The molecule has 1 aromatic carbocycles. The smallest absolute Gasteiger partial charge is 0.242 e. The fraction of sp³-hybridized carbons (Fsp3) is 0.565. The van der Waals surface area contributed by atoms with Crippen LogP contribution in [0, 0.1) is 6.92 Å². The van der Waals surface area contributed by atoms with E-state index in [9.17, 15) is 9.59 Å². The molecule has 3 rings (SSSR count). The van der Waals surface area contributed by atoms with Gasteiger partial charge in [0.2, 0.25) is 11.8 Å². The highest BCUT2D eigenvalue weighted by molar-refractivity contribution is 5.84. The van der Waals surface area contributed by atoms with Crippen LogP contribution in [-0.2, 0) is 9.59 Å². The summed E-state index contributed by atoms with van der Waals surface area (Å²) in [5.74, 6) is 0.0554. The first-order chi connectivity index (χ1) is 13.5. The summed E-state index contributed by atoms with van der Waals surface area (Å²) in [5, 5.41) is 0. The van der Waals surface area contributed by atoms with Gasteiger partial charge >= 0.3 is 0 Å². The van der Waals surface area contributed by atoms with Gasteiger partial charge in [-0.3, -0.25) is 9.59 Å². The Bertz CT molecular complexity index is 720. The summed E-state index contributed by atoms with van der Waals surface area (Å²) in [6.45, 7) is 7.61. The number of benzene rings is 1. The van der Waals surface area contributed by atoms with Crippen molar-refractivity contribution in [2.75, 3.05) is 44.2 Å². The van der Waals surface area contributed by atoms with Gasteiger partial charge in [-0.2, -0.15) is 0 Å². The number of amides is 2. The van der Waals surface area contributed by atoms with Crippen molar-refractivity contribution in [2.45, 2.75) is 46.0 Å². The Kier molecular flexibility index (Phi) is 7.12. The van der Waals surface area contributed by atoms with Gasteiger partial charge in [-0.1, -0.05) is 23.8 Å². The van der Waals surface area contributed by atoms with Crippen molar-refractivity contribution < 1.29 is 9.59 Å². The first kappa shape index (κ1) is 20.4. The van der Waals surface area contributed by atoms with Gasteiger partial charge in [0.25, 0.3) is 0 Å². The monoisotopic (exact) mass is 383 g/mol. The molecule has 5 nitrogen and oxygen atoms in total. The lowest BCUT2D eigenvalue weighted by Gasteiger charge is -2.37. The summed E-state index contributed by atoms with van der Waals surface area (Å²) in [7, 11) is 0. The molecule has 152 valence electrons. The average molecular weight is 384 g/mol. The number of carbonyl (C=O) groups is 2. The topological polar surface area (TPSA) is 43.9 Å². The van der Waals surface area contributed by atoms with Crippen LogP contribution in [0.1, 0.15) is 44.6 Å². The second-order valence-electron chi connectivity index (χ2n) is 8.01. The van der Waals surface area contributed by atoms with Crippen LogP contribution in [0.2, 0.25) is 0 Å². The molecule has 2 aliphatic rings. The number of hydrogen-bond donors (Lipinski definition) is 0. The minimum atomic E-state index is -0.0110. The summed E-state index contributed by atoms with van der Waals surface area (Å²) in [4.78, 5) is 30.7. The van der Waals surface area contributed by atoms with Crippen LogP contribution in [-0.4, -0.2) is 60.9 Å². The van der Waals surface area contributed by atoms with Crippen molar-refractivity contribution >= 4 is 17.5 Å². The number of rotatable bonds is 6. The van der Waals surface area contributed by atoms with Crippen LogP contribution in [0.15, 0.2) is 35.9 Å². The number of anilines is 1. The van der Waals surface area contributed by atoms with Gasteiger partial charge in [0.05, 0.1) is 6.54 Å². The predicted octanol–water partition coefficient (Wildman–Crippen LogP) is 3.38. The Morgan fingerprint density at radius 3 is 2.54 bits per heavy atom. The van der Waals surface area contributed by atoms with Gasteiger partial charge < -0.3 is 14.7 Å². The Hall–Kier alpha value is -2.30. The molecule has 0 radical (unpaired) electrons. The van der Waals surface area contributed by atoms with Gasteiger partial charge in [-0.25, -0.2) is 0 Å². The predicted molar refractivity (Wildman–Crippen MR) is 113 cm³/mol. The second-order valence-corrected chi connectivity index (χ2v) is 8.01. The van der Waals surface area contributed by atoms with E-state index < -0.39 is 0 Å². The molecule has 1 saturated heterocycles. The summed E-state index contributed by atoms with van der Waals surface area (Å²) >= 11 is 0. The van der Waals surface area contributed by atoms with Crippen LogP contribution in [0.4, 0.5) is 5.69 Å². The van der Waals surface area contributed by atoms with Crippen LogP contribution in [0.5, 0.6) is 0 Å². The molecule has 0 bridgehead atoms. The molecule has 5 heteroatoms. The van der Waals surface area contributed by atoms with E-state index in [-0.39, 0.29) is 18.4 Å². The molecule has 1 aliphatic heterocycles. The van der Waals surface area contributed by atoms with Crippen LogP contribution in [0.25, 0.3) is 0 Å². The van der Waals surface area contributed by atoms with Gasteiger partial charge in [-0.05, 0) is 56.7 Å². The largest absolute Gasteiger partial charge is 0.368 e. The Balaban J connectivity index is 1.49. The number of allylic oxidation sites excluding steroid dienone is 1. The van der Waals surface area contributed by atoms with E-state index >= 15 is 0 Å². The Morgan fingerprint density at radius 2 is 1.89 bits per heavy atom. The van der Waals surface area contributed by atoms with Gasteiger partial charge in [0.15, 0.2) is 0 Å². The molecule has 28 heavy (non-hydrogen) atoms. The number of carbonyl (C=O) groups excluding carboxylic acids is 2. The number of hydrogen-bond acceptors (Lipinski definition) is 3. The first-order valence-electron chi connectivity index (χ1n) is 10.6. The summed E-state index contributed by atoms with van der Waals surface area (Å²) in [5.41, 5.74) is 3.91. The maximum Gasteiger partial charge on any atom is 0.242 e. The molecule has 0 unspecified atom stereocenters. The molecule has 1 aliphatic carbocycles. The molecular weight excluding hydrogens is 350 g/mol. The van der Waals surface area contributed by atoms with E-state index in [1.807, 2.05) is 4.90 Å². The fourth-order valence-electron chi connectivity index (χ4n) is 4.06. The third-order valence-electron chi connectivity index (χ3n) is 5.86. The highest BCUT2D eigenvalue weighted by Gasteiger charge is 2.24. The molecule has 1 aromatic rings. The van der Waals surface area contributed by atoms with Crippen molar-refractivity contribution in [2.24, 2.45) is 0 Å². The fourth-order valence-corrected chi connectivity index (χ4v) is 4.06. The summed E-state index contributed by atoms with van der Waals surface area (Å²) < 4.78 is 0. The molecule has 2 amide bonds. The standard InChI is InChI=1S/C23H33N3O2/c1-19-7-6-10-22(17-19)24-13-15-25(16-14-24)23(28)18-26(20(2)27)12-11-21-8-4-3-5-9-21/h6-8,10,17H,3-5,9,11-16,18H2,1-2H3. The van der Waals surface area contributed by atoms with Crippen molar-refractivity contribution in [3.8, 4) is 0 Å². The van der Waals surface area contributed by atoms with Crippen molar-refractivity contribution in [3.05, 3.63) is 41.5 Å². The zero-order valence-corrected chi connectivity index (χ0v) is 17.3. The number of aryl methyl sites for hydroxylation is 1. The maximum atomic E-state index is 12.8. The van der Waals surface area contributed by atoms with Crippen LogP contribution in [0.3, 0.4) is 0 Å². The lowest BCUT2D eigenvalue weighted by atomic mass is 9.97. The van der Waals surface area contributed by atoms with Crippen molar-refractivity contribution in [3.63, 3.8) is 0 Å². The molecular formula is C23H33N3O2. The summed E-state index contributed by atoms with van der Waals surface area (Å²) in [6.07, 6.45) is 8.02. The normalized spacial score (nSPS) is 17.3. The average Bonchev–Trinajstić information content (AvgIpc) is 2.71. The van der Waals surface area contributed by atoms with E-state index in [1.165, 1.54) is 29.7 Å². The van der Waals surface area contributed by atoms with Gasteiger partial charge in [-0.15, -0.1) is 0 Å². The molecule has 0 aromatic heterocycles. The van der Waals surface area contributed by atoms with E-state index in [0.717, 1.165) is 32.4 Å². The van der Waals surface area contributed by atoms with E-state index in [2.05, 4.69) is 42.2 Å². The number of nitrogens with zero attached hydrogens (tertiary/aromatic N) is 3. The molecule has 0 saturated carbocycles. The van der Waals surface area contributed by atoms with Crippen LogP contribution >= 0.6 is 0 Å². The third kappa shape index (κ3) is 5.60. The minimum absolute atomic E-state index is 0.0110. The lowest BCUT2D eigenvalue weighted by Crippen LogP contribution is -2.51. The lowest BCUT2D eigenvalue weighted by molar-refractivity contribution is -0.139. The second kappa shape index (κ2) is 9.76. The molecule has 1 heterocycles. The van der Waals surface area contributed by atoms with Crippen molar-refractivity contribution in [1.82, 2.24) is 9.80 Å². The summed E-state index contributed by atoms with van der Waals surface area (Å²) in [6, 6.07) is 8.49. The SMILES string of the molecule is CC(=O)N(CCC1=CCCCC1)CC(=O)N1CCN(c2cccc(C)c2)CC1. The van der Waals surface area contributed by atoms with Gasteiger partial charge in [0, 0.05) is 45.3 Å². The van der Waals surface area contributed by atoms with Crippen LogP contribution < -0.4 is 4.90 Å². The zero-order chi connectivity index (χ0) is 19.9. The Labute approximate surface area is 169 Å². The van der Waals surface area contributed by atoms with E-state index in [4.69, 9.17) is 0 Å². The minimum Gasteiger partial charge on any atom is -0.368 e. The highest BCUT2D eigenvalue weighted by atomic mass is 16.2. The van der Waals surface area contributed by atoms with E-state index in [1.54, 1.807) is 11.8 Å². The molecule has 0 atom stereocenters. The highest BCUT2D eigenvalue weighted by Crippen LogP contribution is 2.21. The number of piperazine rings is 1. The van der Waals surface area contributed by atoms with Crippen molar-refractivity contribution in [1.29, 1.82) is 0 Å². The molecule has 0 N–H and O–H groups in total. The Morgan fingerprint density at radius 1 is 1.11 bits per heavy atom. The third-order valence-corrected chi connectivity index (χ3v) is 5.86. The van der Waals surface area contributed by atoms with Gasteiger partial charge in [0.1, 0.15) is 0 Å².